The Labute approximate surface area is 110 Å². The van der Waals surface area contributed by atoms with Gasteiger partial charge in [0.1, 0.15) is 5.56 Å². The Bertz CT molecular complexity index is 419. The summed E-state index contributed by atoms with van der Waals surface area (Å²) in [6.07, 6.45) is 0.671. The second kappa shape index (κ2) is 6.96. The van der Waals surface area contributed by atoms with Gasteiger partial charge in [-0.05, 0) is 18.6 Å². The molecule has 0 heterocycles. The SMILES string of the molecule is COC(=O)c1ccc(OCCCCl)c(OC)c1O. The molecule has 1 rings (SSSR count). The van der Waals surface area contributed by atoms with Crippen molar-refractivity contribution in [1.82, 2.24) is 0 Å². The number of methoxy groups -OCH3 is 2. The molecule has 0 aliphatic carbocycles. The molecule has 0 spiro atoms. The van der Waals surface area contributed by atoms with Gasteiger partial charge >= 0.3 is 5.97 Å². The Kier molecular flexibility index (Phi) is 5.58. The predicted octanol–water partition coefficient (Wildman–Crippen LogP) is 2.20. The third-order valence-corrected chi connectivity index (χ3v) is 2.51. The largest absolute Gasteiger partial charge is 0.504 e. The van der Waals surface area contributed by atoms with E-state index in [2.05, 4.69) is 4.74 Å². The molecule has 6 heteroatoms. The Hall–Kier alpha value is -1.62. The molecule has 1 N–H and O–H groups in total. The zero-order chi connectivity index (χ0) is 13.5. The van der Waals surface area contributed by atoms with Crippen molar-refractivity contribution in [3.05, 3.63) is 17.7 Å². The summed E-state index contributed by atoms with van der Waals surface area (Å²) in [7, 11) is 2.61. The van der Waals surface area contributed by atoms with Crippen LogP contribution >= 0.6 is 11.6 Å². The number of rotatable bonds is 6. The van der Waals surface area contributed by atoms with E-state index < -0.39 is 5.97 Å². The molecule has 1 aromatic carbocycles. The van der Waals surface area contributed by atoms with E-state index in [1.807, 2.05) is 0 Å². The second-order valence-electron chi connectivity index (χ2n) is 3.38. The van der Waals surface area contributed by atoms with Gasteiger partial charge in [-0.2, -0.15) is 0 Å². The van der Waals surface area contributed by atoms with E-state index in [0.717, 1.165) is 0 Å². The maximum Gasteiger partial charge on any atom is 0.341 e. The number of phenolic OH excluding ortho intramolecular Hbond substituents is 1. The van der Waals surface area contributed by atoms with Crippen LogP contribution in [0.25, 0.3) is 0 Å². The van der Waals surface area contributed by atoms with Crippen molar-refractivity contribution in [2.24, 2.45) is 0 Å². The van der Waals surface area contributed by atoms with E-state index in [1.54, 1.807) is 6.07 Å². The van der Waals surface area contributed by atoms with Crippen LogP contribution in [0.3, 0.4) is 0 Å². The van der Waals surface area contributed by atoms with E-state index in [-0.39, 0.29) is 17.1 Å². The molecule has 18 heavy (non-hydrogen) atoms. The molecular formula is C12H15ClO5. The molecule has 0 saturated heterocycles. The predicted molar refractivity (Wildman–Crippen MR) is 66.8 cm³/mol. The summed E-state index contributed by atoms with van der Waals surface area (Å²) >= 11 is 5.54. The molecule has 0 unspecified atom stereocenters. The number of benzene rings is 1. The highest BCUT2D eigenvalue weighted by molar-refractivity contribution is 6.17. The summed E-state index contributed by atoms with van der Waals surface area (Å²) in [6.45, 7) is 0.400. The van der Waals surface area contributed by atoms with Gasteiger partial charge in [0.05, 0.1) is 20.8 Å². The minimum atomic E-state index is -0.641. The van der Waals surface area contributed by atoms with Gasteiger partial charge in [0.2, 0.25) is 5.75 Å². The first-order valence-corrected chi connectivity index (χ1v) is 5.86. The van der Waals surface area contributed by atoms with Crippen LogP contribution in [0.4, 0.5) is 0 Å². The normalized spacial score (nSPS) is 9.94. The summed E-state index contributed by atoms with van der Waals surface area (Å²) in [5, 5.41) is 9.90. The molecule has 0 bridgehead atoms. The molecule has 0 aliphatic rings. The lowest BCUT2D eigenvalue weighted by molar-refractivity contribution is 0.0596. The van der Waals surface area contributed by atoms with Gasteiger partial charge in [-0.25, -0.2) is 4.79 Å². The lowest BCUT2D eigenvalue weighted by atomic mass is 10.1. The number of ether oxygens (including phenoxy) is 3. The van der Waals surface area contributed by atoms with E-state index in [1.165, 1.54) is 20.3 Å². The molecular weight excluding hydrogens is 260 g/mol. The fourth-order valence-corrected chi connectivity index (χ4v) is 1.48. The monoisotopic (exact) mass is 274 g/mol. The molecule has 0 aliphatic heterocycles. The third kappa shape index (κ3) is 3.20. The first-order valence-electron chi connectivity index (χ1n) is 5.32. The van der Waals surface area contributed by atoms with E-state index in [9.17, 15) is 9.90 Å². The Morgan fingerprint density at radius 3 is 2.67 bits per heavy atom. The zero-order valence-electron chi connectivity index (χ0n) is 10.2. The fourth-order valence-electron chi connectivity index (χ4n) is 1.37. The van der Waals surface area contributed by atoms with Crippen LogP contribution < -0.4 is 9.47 Å². The number of hydrogen-bond acceptors (Lipinski definition) is 5. The van der Waals surface area contributed by atoms with Gasteiger partial charge in [0.15, 0.2) is 11.5 Å². The molecule has 0 radical (unpaired) electrons. The number of alkyl halides is 1. The van der Waals surface area contributed by atoms with Crippen molar-refractivity contribution in [1.29, 1.82) is 0 Å². The maximum atomic E-state index is 11.4. The third-order valence-electron chi connectivity index (χ3n) is 2.24. The molecule has 100 valence electrons. The first-order chi connectivity index (χ1) is 8.65. The van der Waals surface area contributed by atoms with Gasteiger partial charge in [-0.15, -0.1) is 11.6 Å². The van der Waals surface area contributed by atoms with Crippen molar-refractivity contribution < 1.29 is 24.1 Å². The van der Waals surface area contributed by atoms with Crippen molar-refractivity contribution in [2.75, 3.05) is 26.7 Å². The average Bonchev–Trinajstić information content (AvgIpc) is 2.38. The van der Waals surface area contributed by atoms with Gasteiger partial charge in [0.25, 0.3) is 0 Å². The first kappa shape index (κ1) is 14.4. The number of esters is 1. The van der Waals surface area contributed by atoms with Crippen LogP contribution in [0.15, 0.2) is 12.1 Å². The number of hydrogen-bond donors (Lipinski definition) is 1. The highest BCUT2D eigenvalue weighted by atomic mass is 35.5. The summed E-state index contributed by atoms with van der Waals surface area (Å²) in [5.41, 5.74) is 0.0269. The quantitative estimate of drug-likeness (QED) is 0.489. The lowest BCUT2D eigenvalue weighted by Crippen LogP contribution is -2.05. The summed E-state index contributed by atoms with van der Waals surface area (Å²) < 4.78 is 15.0. The summed E-state index contributed by atoms with van der Waals surface area (Å²) in [4.78, 5) is 11.4. The molecule has 0 saturated carbocycles. The van der Waals surface area contributed by atoms with Crippen LogP contribution in [0, 0.1) is 0 Å². The van der Waals surface area contributed by atoms with Crippen molar-refractivity contribution in [3.8, 4) is 17.2 Å². The van der Waals surface area contributed by atoms with Crippen molar-refractivity contribution >= 4 is 17.6 Å². The van der Waals surface area contributed by atoms with Crippen LogP contribution in [0.1, 0.15) is 16.8 Å². The Balaban J connectivity index is 3.01. The minimum Gasteiger partial charge on any atom is -0.504 e. The molecule has 5 nitrogen and oxygen atoms in total. The molecule has 0 atom stereocenters. The number of aromatic hydroxyl groups is 1. The number of carbonyl (C=O) groups is 1. The van der Waals surface area contributed by atoms with E-state index in [0.29, 0.717) is 24.7 Å². The lowest BCUT2D eigenvalue weighted by Gasteiger charge is -2.13. The minimum absolute atomic E-state index is 0.0269. The summed E-state index contributed by atoms with van der Waals surface area (Å²) in [5.74, 6) is 0.000209. The van der Waals surface area contributed by atoms with Crippen LogP contribution in [0.2, 0.25) is 0 Å². The standard InChI is InChI=1S/C12H15ClO5/c1-16-11-9(18-7-3-6-13)5-4-8(10(11)14)12(15)17-2/h4-5,14H,3,6-7H2,1-2H3. The van der Waals surface area contributed by atoms with E-state index >= 15 is 0 Å². The Morgan fingerprint density at radius 2 is 2.11 bits per heavy atom. The van der Waals surface area contributed by atoms with Crippen LogP contribution in [-0.2, 0) is 4.74 Å². The summed E-state index contributed by atoms with van der Waals surface area (Å²) in [6, 6.07) is 2.96. The Morgan fingerprint density at radius 1 is 1.39 bits per heavy atom. The van der Waals surface area contributed by atoms with Gasteiger partial charge < -0.3 is 19.3 Å². The van der Waals surface area contributed by atoms with Gasteiger partial charge in [-0.3, -0.25) is 0 Å². The highest BCUT2D eigenvalue weighted by Crippen LogP contribution is 2.39. The van der Waals surface area contributed by atoms with Crippen molar-refractivity contribution in [3.63, 3.8) is 0 Å². The highest BCUT2D eigenvalue weighted by Gasteiger charge is 2.19. The van der Waals surface area contributed by atoms with E-state index in [4.69, 9.17) is 21.1 Å². The smallest absolute Gasteiger partial charge is 0.341 e. The topological polar surface area (TPSA) is 65.0 Å². The molecule has 0 amide bonds. The van der Waals surface area contributed by atoms with Crippen LogP contribution in [0.5, 0.6) is 17.2 Å². The van der Waals surface area contributed by atoms with Crippen LogP contribution in [-0.4, -0.2) is 37.8 Å². The fraction of sp³-hybridized carbons (Fsp3) is 0.417. The second-order valence-corrected chi connectivity index (χ2v) is 3.75. The maximum absolute atomic E-state index is 11.4. The van der Waals surface area contributed by atoms with Crippen molar-refractivity contribution in [2.45, 2.75) is 6.42 Å². The molecule has 1 aromatic rings. The molecule has 0 fully saturated rings. The zero-order valence-corrected chi connectivity index (χ0v) is 11.0. The number of halogens is 1. The molecule has 0 aromatic heterocycles. The van der Waals surface area contributed by atoms with Gasteiger partial charge in [0, 0.05) is 5.88 Å². The number of phenols is 1. The van der Waals surface area contributed by atoms with Gasteiger partial charge in [-0.1, -0.05) is 0 Å². The average molecular weight is 275 g/mol. The number of carbonyl (C=O) groups excluding carboxylic acids is 1.